The number of nitrogens with two attached hydrogens (primary N) is 1. The SMILES string of the molecule is Cc1cc(C(=O)NCCCN)ccc1NC(=O)c1cc(C2CC2)on1. The van der Waals surface area contributed by atoms with Crippen LogP contribution in [0, 0.1) is 6.92 Å². The van der Waals surface area contributed by atoms with Crippen molar-refractivity contribution in [1.29, 1.82) is 0 Å². The molecule has 0 saturated heterocycles. The molecule has 132 valence electrons. The van der Waals surface area contributed by atoms with E-state index in [-0.39, 0.29) is 17.5 Å². The molecule has 0 bridgehead atoms. The maximum absolute atomic E-state index is 12.3. The molecule has 0 atom stereocenters. The van der Waals surface area contributed by atoms with Gasteiger partial charge in [0.05, 0.1) is 0 Å². The molecule has 0 unspecified atom stereocenters. The third kappa shape index (κ3) is 4.24. The van der Waals surface area contributed by atoms with Crippen molar-refractivity contribution in [2.45, 2.75) is 32.1 Å². The molecule has 1 aromatic heterocycles. The highest BCUT2D eigenvalue weighted by Crippen LogP contribution is 2.40. The molecule has 1 aliphatic carbocycles. The van der Waals surface area contributed by atoms with E-state index in [0.717, 1.165) is 30.6 Å². The number of amides is 2. The van der Waals surface area contributed by atoms with Crippen LogP contribution in [0.5, 0.6) is 0 Å². The highest BCUT2D eigenvalue weighted by molar-refractivity contribution is 6.03. The fourth-order valence-corrected chi connectivity index (χ4v) is 2.49. The highest BCUT2D eigenvalue weighted by atomic mass is 16.5. The number of anilines is 1. The summed E-state index contributed by atoms with van der Waals surface area (Å²) in [5, 5.41) is 9.44. The van der Waals surface area contributed by atoms with Gasteiger partial charge in [0.15, 0.2) is 5.69 Å². The van der Waals surface area contributed by atoms with Gasteiger partial charge in [0.1, 0.15) is 5.76 Å². The molecule has 0 spiro atoms. The molecule has 0 radical (unpaired) electrons. The lowest BCUT2D eigenvalue weighted by Gasteiger charge is -2.09. The third-order valence-corrected chi connectivity index (χ3v) is 4.14. The van der Waals surface area contributed by atoms with Gasteiger partial charge in [-0.3, -0.25) is 9.59 Å². The van der Waals surface area contributed by atoms with Crippen molar-refractivity contribution in [1.82, 2.24) is 10.5 Å². The summed E-state index contributed by atoms with van der Waals surface area (Å²) in [7, 11) is 0. The Morgan fingerprint density at radius 2 is 2.08 bits per heavy atom. The molecular formula is C18H22N4O3. The Balaban J connectivity index is 1.63. The number of rotatable bonds is 7. The number of hydrogen-bond donors (Lipinski definition) is 3. The maximum Gasteiger partial charge on any atom is 0.277 e. The van der Waals surface area contributed by atoms with E-state index in [0.29, 0.717) is 30.3 Å². The quantitative estimate of drug-likeness (QED) is 0.668. The first-order valence-electron chi connectivity index (χ1n) is 8.45. The summed E-state index contributed by atoms with van der Waals surface area (Å²) in [6.45, 7) is 2.92. The molecule has 25 heavy (non-hydrogen) atoms. The van der Waals surface area contributed by atoms with Gasteiger partial charge in [0.25, 0.3) is 11.8 Å². The van der Waals surface area contributed by atoms with Crippen molar-refractivity contribution in [3.8, 4) is 0 Å². The standard InChI is InChI=1S/C18H22N4O3/c1-11-9-13(17(23)20-8-2-7-19)5-6-14(11)21-18(24)15-10-16(25-22-15)12-3-4-12/h5-6,9-10,12H,2-4,7-8,19H2,1H3,(H,20,23)(H,21,24). The zero-order valence-corrected chi connectivity index (χ0v) is 14.2. The zero-order chi connectivity index (χ0) is 17.8. The van der Waals surface area contributed by atoms with E-state index in [4.69, 9.17) is 10.3 Å². The minimum absolute atomic E-state index is 0.153. The Labute approximate surface area is 145 Å². The number of hydrogen-bond acceptors (Lipinski definition) is 5. The molecule has 7 heteroatoms. The lowest BCUT2D eigenvalue weighted by atomic mass is 10.1. The third-order valence-electron chi connectivity index (χ3n) is 4.14. The summed E-state index contributed by atoms with van der Waals surface area (Å²) < 4.78 is 5.20. The Bertz CT molecular complexity index is 780. The van der Waals surface area contributed by atoms with Gasteiger partial charge >= 0.3 is 0 Å². The van der Waals surface area contributed by atoms with E-state index in [1.54, 1.807) is 24.3 Å². The van der Waals surface area contributed by atoms with Gasteiger partial charge in [-0.2, -0.15) is 0 Å². The van der Waals surface area contributed by atoms with Crippen LogP contribution in [-0.4, -0.2) is 30.1 Å². The molecular weight excluding hydrogens is 320 g/mol. The summed E-state index contributed by atoms with van der Waals surface area (Å²) in [5.41, 5.74) is 7.66. The molecule has 1 aliphatic rings. The van der Waals surface area contributed by atoms with Crippen molar-refractivity contribution in [3.05, 3.63) is 46.8 Å². The largest absolute Gasteiger partial charge is 0.360 e. The molecule has 0 aliphatic heterocycles. The molecule has 1 aromatic carbocycles. The molecule has 7 nitrogen and oxygen atoms in total. The highest BCUT2D eigenvalue weighted by Gasteiger charge is 2.29. The predicted octanol–water partition coefficient (Wildman–Crippen LogP) is 2.19. The molecule has 1 fully saturated rings. The number of nitrogens with zero attached hydrogens (tertiary/aromatic N) is 1. The van der Waals surface area contributed by atoms with Crippen molar-refractivity contribution < 1.29 is 14.1 Å². The van der Waals surface area contributed by atoms with Crippen molar-refractivity contribution in [2.24, 2.45) is 5.73 Å². The fourth-order valence-electron chi connectivity index (χ4n) is 2.49. The van der Waals surface area contributed by atoms with Crippen molar-refractivity contribution in [3.63, 3.8) is 0 Å². The fraction of sp³-hybridized carbons (Fsp3) is 0.389. The minimum Gasteiger partial charge on any atom is -0.360 e. The van der Waals surface area contributed by atoms with E-state index >= 15 is 0 Å². The second kappa shape index (κ2) is 7.48. The van der Waals surface area contributed by atoms with Crippen molar-refractivity contribution in [2.75, 3.05) is 18.4 Å². The van der Waals surface area contributed by atoms with Crippen LogP contribution in [0.2, 0.25) is 0 Å². The van der Waals surface area contributed by atoms with Gasteiger partial charge < -0.3 is 20.9 Å². The van der Waals surface area contributed by atoms with Gasteiger partial charge in [0.2, 0.25) is 0 Å². The van der Waals surface area contributed by atoms with Gasteiger partial charge in [-0.25, -0.2) is 0 Å². The second-order valence-corrected chi connectivity index (χ2v) is 6.27. The average molecular weight is 342 g/mol. The van der Waals surface area contributed by atoms with Crippen LogP contribution >= 0.6 is 0 Å². The number of aromatic nitrogens is 1. The molecule has 4 N–H and O–H groups in total. The second-order valence-electron chi connectivity index (χ2n) is 6.27. The number of carbonyl (C=O) groups is 2. The first kappa shape index (κ1) is 17.2. The summed E-state index contributed by atoms with van der Waals surface area (Å²) in [6.07, 6.45) is 2.91. The Hall–Kier alpha value is -2.67. The van der Waals surface area contributed by atoms with Crippen LogP contribution < -0.4 is 16.4 Å². The molecule has 2 aromatic rings. The Morgan fingerprint density at radius 1 is 1.28 bits per heavy atom. The first-order chi connectivity index (χ1) is 12.1. The average Bonchev–Trinajstić information content (AvgIpc) is 3.33. The smallest absolute Gasteiger partial charge is 0.277 e. The lowest BCUT2D eigenvalue weighted by Crippen LogP contribution is -2.26. The summed E-state index contributed by atoms with van der Waals surface area (Å²) in [6, 6.07) is 6.83. The molecule has 3 rings (SSSR count). The minimum atomic E-state index is -0.320. The lowest BCUT2D eigenvalue weighted by molar-refractivity contribution is 0.0952. The zero-order valence-electron chi connectivity index (χ0n) is 14.2. The van der Waals surface area contributed by atoms with Crippen LogP contribution in [0.1, 0.15) is 57.4 Å². The van der Waals surface area contributed by atoms with Crippen LogP contribution in [0.4, 0.5) is 5.69 Å². The van der Waals surface area contributed by atoms with Gasteiger partial charge in [0, 0.05) is 29.8 Å². The van der Waals surface area contributed by atoms with Crippen molar-refractivity contribution >= 4 is 17.5 Å². The predicted molar refractivity (Wildman–Crippen MR) is 93.6 cm³/mol. The normalized spacial score (nSPS) is 13.5. The molecule has 1 saturated carbocycles. The van der Waals surface area contributed by atoms with E-state index in [9.17, 15) is 9.59 Å². The molecule has 2 amide bonds. The van der Waals surface area contributed by atoms with Crippen LogP contribution in [0.3, 0.4) is 0 Å². The number of carbonyl (C=O) groups excluding carboxylic acids is 2. The Morgan fingerprint density at radius 3 is 2.76 bits per heavy atom. The summed E-state index contributed by atoms with van der Waals surface area (Å²) in [5.74, 6) is 0.707. The summed E-state index contributed by atoms with van der Waals surface area (Å²) >= 11 is 0. The maximum atomic E-state index is 12.3. The topological polar surface area (TPSA) is 110 Å². The first-order valence-corrected chi connectivity index (χ1v) is 8.45. The van der Waals surface area contributed by atoms with E-state index in [1.807, 2.05) is 6.92 Å². The summed E-state index contributed by atoms with van der Waals surface area (Å²) in [4.78, 5) is 24.3. The van der Waals surface area contributed by atoms with Crippen LogP contribution in [0.15, 0.2) is 28.8 Å². The van der Waals surface area contributed by atoms with E-state index < -0.39 is 0 Å². The van der Waals surface area contributed by atoms with Gasteiger partial charge in [-0.05, 0) is 56.5 Å². The number of aryl methyl sites for hydroxylation is 1. The van der Waals surface area contributed by atoms with E-state index in [2.05, 4.69) is 15.8 Å². The van der Waals surface area contributed by atoms with E-state index in [1.165, 1.54) is 0 Å². The van der Waals surface area contributed by atoms with Gasteiger partial charge in [-0.1, -0.05) is 5.16 Å². The number of benzene rings is 1. The van der Waals surface area contributed by atoms with Crippen LogP contribution in [-0.2, 0) is 0 Å². The monoisotopic (exact) mass is 342 g/mol. The number of nitrogens with one attached hydrogen (secondary N) is 2. The van der Waals surface area contributed by atoms with Gasteiger partial charge in [-0.15, -0.1) is 0 Å². The molecule has 1 heterocycles. The van der Waals surface area contributed by atoms with Crippen LogP contribution in [0.25, 0.3) is 0 Å². The Kier molecular flexibility index (Phi) is 5.14.